The number of benzene rings is 2. The van der Waals surface area contributed by atoms with E-state index in [9.17, 15) is 9.59 Å². The van der Waals surface area contributed by atoms with E-state index in [2.05, 4.69) is 17.2 Å². The van der Waals surface area contributed by atoms with E-state index in [0.29, 0.717) is 16.1 Å². The number of anilines is 1. The molecule has 0 aliphatic heterocycles. The van der Waals surface area contributed by atoms with Crippen LogP contribution in [0.4, 0.5) is 5.69 Å². The van der Waals surface area contributed by atoms with Gasteiger partial charge < -0.3 is 5.32 Å². The first-order valence-corrected chi connectivity index (χ1v) is 10.6. The molecule has 28 heavy (non-hydrogen) atoms. The van der Waals surface area contributed by atoms with E-state index in [1.807, 2.05) is 56.3 Å². The lowest BCUT2D eigenvalue weighted by atomic mass is 10.1. The van der Waals surface area contributed by atoms with E-state index >= 15 is 0 Å². The molecule has 2 aromatic carbocycles. The lowest BCUT2D eigenvalue weighted by Gasteiger charge is -2.18. The summed E-state index contributed by atoms with van der Waals surface area (Å²) in [4.78, 5) is 30.1. The molecule has 0 aliphatic carbocycles. The minimum absolute atomic E-state index is 0.0102. The van der Waals surface area contributed by atoms with Crippen molar-refractivity contribution >= 4 is 34.3 Å². The molecular weight excluding hydrogens is 370 g/mol. The van der Waals surface area contributed by atoms with E-state index in [-0.39, 0.29) is 23.3 Å². The van der Waals surface area contributed by atoms with E-state index in [1.54, 1.807) is 10.6 Å². The number of nitrogens with zero attached hydrogens (tertiary/aromatic N) is 2. The third kappa shape index (κ3) is 4.28. The lowest BCUT2D eigenvalue weighted by molar-refractivity contribution is -0.113. The normalized spacial score (nSPS) is 12.1. The van der Waals surface area contributed by atoms with Crippen molar-refractivity contribution in [3.8, 4) is 0 Å². The maximum absolute atomic E-state index is 13.0. The van der Waals surface area contributed by atoms with Gasteiger partial charge in [0.1, 0.15) is 0 Å². The number of para-hydroxylation sites is 2. The first-order chi connectivity index (χ1) is 13.5. The Morgan fingerprint density at radius 2 is 1.86 bits per heavy atom. The zero-order chi connectivity index (χ0) is 20.1. The Labute approximate surface area is 169 Å². The first kappa shape index (κ1) is 20.1. The van der Waals surface area contributed by atoms with Crippen LogP contribution in [0.3, 0.4) is 0 Å². The van der Waals surface area contributed by atoms with Crippen LogP contribution in [0.1, 0.15) is 38.8 Å². The van der Waals surface area contributed by atoms with Crippen LogP contribution in [0.25, 0.3) is 10.9 Å². The molecule has 0 fully saturated rings. The Balaban J connectivity index is 1.85. The minimum Gasteiger partial charge on any atom is -0.325 e. The van der Waals surface area contributed by atoms with Gasteiger partial charge in [0.2, 0.25) is 5.91 Å². The number of carbonyl (C=O) groups is 1. The van der Waals surface area contributed by atoms with Gasteiger partial charge in [-0.3, -0.25) is 14.2 Å². The Morgan fingerprint density at radius 1 is 1.14 bits per heavy atom. The summed E-state index contributed by atoms with van der Waals surface area (Å²) in [6.07, 6.45) is 1.66. The fourth-order valence-corrected chi connectivity index (χ4v) is 3.96. The van der Waals surface area contributed by atoms with Crippen LogP contribution < -0.4 is 10.9 Å². The average Bonchev–Trinajstić information content (AvgIpc) is 2.72. The van der Waals surface area contributed by atoms with Gasteiger partial charge in [-0.2, -0.15) is 0 Å². The summed E-state index contributed by atoms with van der Waals surface area (Å²) in [5, 5.41) is 4.16. The van der Waals surface area contributed by atoms with Crippen molar-refractivity contribution in [2.75, 3.05) is 11.1 Å². The maximum Gasteiger partial charge on any atom is 0.262 e. The zero-order valence-corrected chi connectivity index (χ0v) is 17.3. The molecule has 0 spiro atoms. The van der Waals surface area contributed by atoms with Crippen molar-refractivity contribution in [3.63, 3.8) is 0 Å². The first-order valence-electron chi connectivity index (χ1n) is 9.57. The van der Waals surface area contributed by atoms with Crippen molar-refractivity contribution in [2.24, 2.45) is 0 Å². The van der Waals surface area contributed by atoms with Gasteiger partial charge in [-0.25, -0.2) is 4.98 Å². The molecule has 0 radical (unpaired) electrons. The Kier molecular flexibility index (Phi) is 6.52. The predicted octanol–water partition coefficient (Wildman–Crippen LogP) is 4.66. The van der Waals surface area contributed by atoms with Crippen molar-refractivity contribution in [1.82, 2.24) is 9.55 Å². The number of fused-ring (bicyclic) bond motifs is 1. The number of aromatic nitrogens is 2. The zero-order valence-electron chi connectivity index (χ0n) is 16.4. The molecule has 0 bridgehead atoms. The third-order valence-electron chi connectivity index (χ3n) is 4.81. The molecule has 3 aromatic rings. The molecule has 1 atom stereocenters. The largest absolute Gasteiger partial charge is 0.325 e. The van der Waals surface area contributed by atoms with Crippen LogP contribution >= 0.6 is 11.8 Å². The summed E-state index contributed by atoms with van der Waals surface area (Å²) in [5.41, 5.74) is 2.54. The monoisotopic (exact) mass is 395 g/mol. The van der Waals surface area contributed by atoms with Crippen LogP contribution in [0.15, 0.2) is 58.5 Å². The molecule has 3 rings (SSSR count). The summed E-state index contributed by atoms with van der Waals surface area (Å²) >= 11 is 1.30. The van der Waals surface area contributed by atoms with Gasteiger partial charge in [0.05, 0.1) is 16.7 Å². The maximum atomic E-state index is 13.0. The number of amides is 1. The summed E-state index contributed by atoms with van der Waals surface area (Å²) in [6, 6.07) is 15.1. The summed E-state index contributed by atoms with van der Waals surface area (Å²) in [7, 11) is 0. The fraction of sp³-hybridized carbons (Fsp3) is 0.318. The molecule has 6 heteroatoms. The van der Waals surface area contributed by atoms with Gasteiger partial charge in [-0.15, -0.1) is 0 Å². The molecule has 0 saturated heterocycles. The number of thioether (sulfide) groups is 1. The highest BCUT2D eigenvalue weighted by atomic mass is 32.2. The van der Waals surface area contributed by atoms with Crippen LogP contribution in [0.2, 0.25) is 0 Å². The van der Waals surface area contributed by atoms with Gasteiger partial charge in [-0.1, -0.05) is 55.9 Å². The number of rotatable bonds is 7. The SMILES string of the molecule is CCc1ccccc1NC(=O)CSc1nc2ccccc2c(=O)n1[C@@H](C)CC. The van der Waals surface area contributed by atoms with E-state index in [0.717, 1.165) is 24.1 Å². The van der Waals surface area contributed by atoms with Crippen LogP contribution in [0, 0.1) is 0 Å². The second kappa shape index (κ2) is 9.06. The van der Waals surface area contributed by atoms with Gasteiger partial charge in [0.15, 0.2) is 5.16 Å². The van der Waals surface area contributed by atoms with Crippen molar-refractivity contribution in [1.29, 1.82) is 0 Å². The molecule has 1 amide bonds. The quantitative estimate of drug-likeness (QED) is 0.467. The highest BCUT2D eigenvalue weighted by Gasteiger charge is 2.17. The summed E-state index contributed by atoms with van der Waals surface area (Å²) < 4.78 is 1.71. The van der Waals surface area contributed by atoms with Crippen molar-refractivity contribution in [2.45, 2.75) is 44.8 Å². The van der Waals surface area contributed by atoms with Crippen molar-refractivity contribution in [3.05, 3.63) is 64.4 Å². The Hall–Kier alpha value is -2.60. The van der Waals surface area contributed by atoms with Gasteiger partial charge >= 0.3 is 0 Å². The lowest BCUT2D eigenvalue weighted by Crippen LogP contribution is -2.26. The van der Waals surface area contributed by atoms with Crippen LogP contribution in [0.5, 0.6) is 0 Å². The van der Waals surface area contributed by atoms with E-state index in [1.165, 1.54) is 11.8 Å². The summed E-state index contributed by atoms with van der Waals surface area (Å²) in [6.45, 7) is 6.10. The third-order valence-corrected chi connectivity index (χ3v) is 5.76. The second-order valence-electron chi connectivity index (χ2n) is 6.69. The van der Waals surface area contributed by atoms with Crippen LogP contribution in [-0.4, -0.2) is 21.2 Å². The molecule has 0 saturated carbocycles. The fourth-order valence-electron chi connectivity index (χ4n) is 3.07. The Morgan fingerprint density at radius 3 is 2.61 bits per heavy atom. The number of carbonyl (C=O) groups excluding carboxylic acids is 1. The van der Waals surface area contributed by atoms with Crippen LogP contribution in [-0.2, 0) is 11.2 Å². The molecule has 0 unspecified atom stereocenters. The highest BCUT2D eigenvalue weighted by molar-refractivity contribution is 7.99. The molecule has 1 N–H and O–H groups in total. The molecule has 1 aromatic heterocycles. The molecule has 5 nitrogen and oxygen atoms in total. The van der Waals surface area contributed by atoms with Gasteiger partial charge in [0, 0.05) is 11.7 Å². The second-order valence-corrected chi connectivity index (χ2v) is 7.63. The predicted molar refractivity (Wildman–Crippen MR) is 116 cm³/mol. The standard InChI is InChI=1S/C22H25N3O2S/c1-4-15(3)25-21(27)17-11-7-9-13-19(17)24-22(25)28-14-20(26)23-18-12-8-6-10-16(18)5-2/h6-13,15H,4-5,14H2,1-3H3,(H,23,26)/t15-/m0/s1. The number of hydrogen-bond acceptors (Lipinski definition) is 4. The topological polar surface area (TPSA) is 64.0 Å². The van der Waals surface area contributed by atoms with E-state index < -0.39 is 0 Å². The molecular formula is C22H25N3O2S. The average molecular weight is 396 g/mol. The molecule has 1 heterocycles. The summed E-state index contributed by atoms with van der Waals surface area (Å²) in [5.74, 6) is 0.0863. The van der Waals surface area contributed by atoms with Crippen molar-refractivity contribution < 1.29 is 4.79 Å². The number of hydrogen-bond donors (Lipinski definition) is 1. The Bertz CT molecular complexity index is 1050. The van der Waals surface area contributed by atoms with Gasteiger partial charge in [0.25, 0.3) is 5.56 Å². The van der Waals surface area contributed by atoms with E-state index in [4.69, 9.17) is 0 Å². The smallest absolute Gasteiger partial charge is 0.262 e. The number of aryl methyl sites for hydroxylation is 1. The minimum atomic E-state index is -0.107. The molecule has 0 aliphatic rings. The highest BCUT2D eigenvalue weighted by Crippen LogP contribution is 2.23. The number of nitrogens with one attached hydrogen (secondary N) is 1. The molecule has 146 valence electrons. The van der Waals surface area contributed by atoms with Gasteiger partial charge in [-0.05, 0) is 43.5 Å².